The van der Waals surface area contributed by atoms with E-state index in [2.05, 4.69) is 0 Å². The Morgan fingerprint density at radius 3 is 2.78 bits per heavy atom. The Balaban J connectivity index is 2.04. The third-order valence-electron chi connectivity index (χ3n) is 4.36. The molecule has 0 unspecified atom stereocenters. The summed E-state index contributed by atoms with van der Waals surface area (Å²) in [6.45, 7) is 1.80. The van der Waals surface area contributed by atoms with E-state index in [-0.39, 0.29) is 30.5 Å². The maximum absolute atomic E-state index is 12.2. The second kappa shape index (κ2) is 6.16. The van der Waals surface area contributed by atoms with E-state index < -0.39 is 11.8 Å². The van der Waals surface area contributed by atoms with Gasteiger partial charge in [-0.05, 0) is 30.9 Å². The number of carbonyl (C=O) groups excluding carboxylic acids is 2. The minimum atomic E-state index is -2.11. The lowest BCUT2D eigenvalue weighted by Crippen LogP contribution is -2.48. The first-order chi connectivity index (χ1) is 11.0. The zero-order valence-corrected chi connectivity index (χ0v) is 13.1. The summed E-state index contributed by atoms with van der Waals surface area (Å²) in [5, 5.41) is 10.7. The van der Waals surface area contributed by atoms with Gasteiger partial charge < -0.3 is 14.6 Å². The molecule has 122 valence electrons. The predicted octanol–water partition coefficient (Wildman–Crippen LogP) is 2.45. The first-order valence-electron chi connectivity index (χ1n) is 7.95. The van der Waals surface area contributed by atoms with Crippen molar-refractivity contribution in [1.29, 1.82) is 0 Å². The van der Waals surface area contributed by atoms with Crippen molar-refractivity contribution in [3.63, 3.8) is 0 Å². The van der Waals surface area contributed by atoms with Gasteiger partial charge >= 0.3 is 11.8 Å². The minimum Gasteiger partial charge on any atom is -0.461 e. The summed E-state index contributed by atoms with van der Waals surface area (Å²) in [6.07, 6.45) is 1.93. The summed E-state index contributed by atoms with van der Waals surface area (Å²) >= 11 is 0. The molecule has 5 nitrogen and oxygen atoms in total. The second-order valence-corrected chi connectivity index (χ2v) is 5.91. The Morgan fingerprint density at radius 1 is 1.35 bits per heavy atom. The van der Waals surface area contributed by atoms with Crippen LogP contribution >= 0.6 is 0 Å². The van der Waals surface area contributed by atoms with Gasteiger partial charge in [0, 0.05) is 18.8 Å². The first kappa shape index (κ1) is 15.7. The molecule has 1 aliphatic heterocycles. The molecule has 5 heteroatoms. The molecule has 0 saturated heterocycles. The summed E-state index contributed by atoms with van der Waals surface area (Å²) in [6, 6.07) is 9.58. The van der Waals surface area contributed by atoms with Gasteiger partial charge in [-0.1, -0.05) is 30.3 Å². The zero-order valence-electron chi connectivity index (χ0n) is 13.1. The summed E-state index contributed by atoms with van der Waals surface area (Å²) in [4.78, 5) is 24.4. The second-order valence-electron chi connectivity index (χ2n) is 5.91. The number of ether oxygens (including phenoxy) is 2. The average molecular weight is 316 g/mol. The fraction of sp³-hybridized carbons (Fsp3) is 0.444. The predicted molar refractivity (Wildman–Crippen MR) is 82.4 cm³/mol. The van der Waals surface area contributed by atoms with E-state index in [0.29, 0.717) is 6.42 Å². The van der Waals surface area contributed by atoms with E-state index >= 15 is 0 Å². The third-order valence-corrected chi connectivity index (χ3v) is 4.36. The molecule has 1 aliphatic carbocycles. The molecule has 3 rings (SSSR count). The van der Waals surface area contributed by atoms with Gasteiger partial charge in [0.15, 0.2) is 11.5 Å². The van der Waals surface area contributed by atoms with Crippen LogP contribution in [-0.4, -0.2) is 29.3 Å². The van der Waals surface area contributed by atoms with Gasteiger partial charge in [0.1, 0.15) is 0 Å². The number of Topliss-reactive ketones (excluding diaryl/α,β-unsaturated/α-hetero) is 1. The SMILES string of the molecule is CCOC(=O)[C@]1(O)C[C@@H](c2ccccc2)C2=C(O1)C(=O)CCC2. The molecule has 0 amide bonds. The van der Waals surface area contributed by atoms with E-state index in [4.69, 9.17) is 9.47 Å². The Bertz CT molecular complexity index is 649. The lowest BCUT2D eigenvalue weighted by Gasteiger charge is -2.39. The van der Waals surface area contributed by atoms with Crippen LogP contribution in [-0.2, 0) is 19.1 Å². The van der Waals surface area contributed by atoms with E-state index in [1.165, 1.54) is 0 Å². The van der Waals surface area contributed by atoms with Crippen LogP contribution in [0.2, 0.25) is 0 Å². The van der Waals surface area contributed by atoms with Crippen molar-refractivity contribution in [2.24, 2.45) is 0 Å². The van der Waals surface area contributed by atoms with Gasteiger partial charge in [-0.15, -0.1) is 0 Å². The summed E-state index contributed by atoms with van der Waals surface area (Å²) < 4.78 is 10.4. The molecule has 2 atom stereocenters. The highest BCUT2D eigenvalue weighted by Gasteiger charge is 2.50. The molecule has 23 heavy (non-hydrogen) atoms. The van der Waals surface area contributed by atoms with Crippen LogP contribution < -0.4 is 0 Å². The normalized spacial score (nSPS) is 27.2. The fourth-order valence-corrected chi connectivity index (χ4v) is 3.28. The van der Waals surface area contributed by atoms with Crippen molar-refractivity contribution in [3.05, 3.63) is 47.2 Å². The van der Waals surface area contributed by atoms with Crippen molar-refractivity contribution in [2.75, 3.05) is 6.61 Å². The van der Waals surface area contributed by atoms with Crippen LogP contribution in [0, 0.1) is 0 Å². The summed E-state index contributed by atoms with van der Waals surface area (Å²) in [5.41, 5.74) is 1.84. The molecule has 0 radical (unpaired) electrons. The van der Waals surface area contributed by atoms with Crippen molar-refractivity contribution in [2.45, 2.75) is 44.3 Å². The van der Waals surface area contributed by atoms with Gasteiger partial charge in [0.2, 0.25) is 0 Å². The Kier molecular flexibility index (Phi) is 4.22. The number of rotatable bonds is 3. The highest BCUT2D eigenvalue weighted by Crippen LogP contribution is 2.45. The standard InChI is InChI=1S/C18H20O5/c1-2-22-17(20)18(21)11-14(12-7-4-3-5-8-12)13-9-6-10-15(19)16(13)23-18/h3-5,7-8,14,21H,2,6,9-11H2,1H3/t14-,18-/m0/s1. The average Bonchev–Trinajstić information content (AvgIpc) is 2.56. The molecule has 1 N–H and O–H groups in total. The lowest BCUT2D eigenvalue weighted by atomic mass is 9.77. The quantitative estimate of drug-likeness (QED) is 0.867. The number of allylic oxidation sites excluding steroid dienone is 2. The van der Waals surface area contributed by atoms with Crippen LogP contribution in [0.25, 0.3) is 0 Å². The summed E-state index contributed by atoms with van der Waals surface area (Å²) in [7, 11) is 0. The number of hydrogen-bond acceptors (Lipinski definition) is 5. The number of aliphatic hydroxyl groups is 1. The Hall–Kier alpha value is -2.14. The topological polar surface area (TPSA) is 72.8 Å². The minimum absolute atomic E-state index is 0.0575. The van der Waals surface area contributed by atoms with E-state index in [1.54, 1.807) is 6.92 Å². The van der Waals surface area contributed by atoms with Crippen molar-refractivity contribution in [1.82, 2.24) is 0 Å². The lowest BCUT2D eigenvalue weighted by molar-refractivity contribution is -0.223. The number of hydrogen-bond donors (Lipinski definition) is 1. The Labute approximate surface area is 134 Å². The third kappa shape index (κ3) is 2.88. The van der Waals surface area contributed by atoms with Crippen molar-refractivity contribution < 1.29 is 24.2 Å². The molecular weight excluding hydrogens is 296 g/mol. The van der Waals surface area contributed by atoms with Crippen molar-refractivity contribution >= 4 is 11.8 Å². The van der Waals surface area contributed by atoms with Gasteiger partial charge in [-0.3, -0.25) is 4.79 Å². The monoisotopic (exact) mass is 316 g/mol. The van der Waals surface area contributed by atoms with Gasteiger partial charge in [0.25, 0.3) is 0 Å². The number of carbonyl (C=O) groups is 2. The molecule has 2 aliphatic rings. The molecule has 1 aromatic carbocycles. The largest absolute Gasteiger partial charge is 0.461 e. The van der Waals surface area contributed by atoms with Crippen LogP contribution in [0.1, 0.15) is 44.1 Å². The summed E-state index contributed by atoms with van der Waals surface area (Å²) in [5.74, 6) is -3.19. The maximum atomic E-state index is 12.2. The zero-order chi connectivity index (χ0) is 16.4. The number of ketones is 1. The van der Waals surface area contributed by atoms with Crippen LogP contribution in [0.15, 0.2) is 41.7 Å². The molecule has 1 aromatic rings. The molecule has 0 fully saturated rings. The van der Waals surface area contributed by atoms with Crippen molar-refractivity contribution in [3.8, 4) is 0 Å². The Morgan fingerprint density at radius 2 is 2.09 bits per heavy atom. The molecule has 0 spiro atoms. The van der Waals surface area contributed by atoms with E-state index in [1.807, 2.05) is 30.3 Å². The molecular formula is C18H20O5. The van der Waals surface area contributed by atoms with E-state index in [9.17, 15) is 14.7 Å². The van der Waals surface area contributed by atoms with Gasteiger partial charge in [-0.25, -0.2) is 4.79 Å². The number of benzene rings is 1. The van der Waals surface area contributed by atoms with E-state index in [0.717, 1.165) is 24.0 Å². The van der Waals surface area contributed by atoms with Crippen LogP contribution in [0.3, 0.4) is 0 Å². The number of esters is 1. The molecule has 0 aromatic heterocycles. The molecule has 0 saturated carbocycles. The molecule has 1 heterocycles. The first-order valence-corrected chi connectivity index (χ1v) is 7.95. The van der Waals surface area contributed by atoms with Crippen LogP contribution in [0.5, 0.6) is 0 Å². The van der Waals surface area contributed by atoms with Gasteiger partial charge in [-0.2, -0.15) is 0 Å². The highest BCUT2D eigenvalue weighted by molar-refractivity contribution is 5.96. The fourth-order valence-electron chi connectivity index (χ4n) is 3.28. The maximum Gasteiger partial charge on any atom is 0.379 e. The highest BCUT2D eigenvalue weighted by atomic mass is 16.7. The smallest absolute Gasteiger partial charge is 0.379 e. The van der Waals surface area contributed by atoms with Crippen LogP contribution in [0.4, 0.5) is 0 Å². The van der Waals surface area contributed by atoms with Gasteiger partial charge in [0.05, 0.1) is 6.61 Å². The molecule has 0 bridgehead atoms.